The van der Waals surface area contributed by atoms with Crippen molar-refractivity contribution in [3.8, 4) is 28.3 Å². The molecule has 42 heavy (non-hydrogen) atoms. The minimum absolute atomic E-state index is 0.213. The molecule has 7 rings (SSSR count). The lowest BCUT2D eigenvalue weighted by Gasteiger charge is -2.23. The van der Waals surface area contributed by atoms with Crippen LogP contribution >= 0.6 is 0 Å². The Balaban J connectivity index is 1.54. The maximum absolute atomic E-state index is 9.57. The van der Waals surface area contributed by atoms with Crippen LogP contribution in [-0.2, 0) is 5.41 Å². The van der Waals surface area contributed by atoms with Crippen LogP contribution in [-0.4, -0.2) is 6.72 Å². The monoisotopic (exact) mass is 538 g/mol. The molecule has 0 N–H and O–H groups in total. The summed E-state index contributed by atoms with van der Waals surface area (Å²) >= 11 is 0. The molecule has 0 aromatic heterocycles. The lowest BCUT2D eigenvalue weighted by molar-refractivity contribution is 0.660. The van der Waals surface area contributed by atoms with Crippen molar-refractivity contribution in [2.75, 3.05) is 0 Å². The molecule has 1 aliphatic rings. The van der Waals surface area contributed by atoms with Gasteiger partial charge >= 0.3 is 0 Å². The van der Waals surface area contributed by atoms with E-state index in [9.17, 15) is 5.26 Å². The number of hydrogen-bond donors (Lipinski definition) is 0. The first kappa shape index (κ1) is 25.7. The predicted octanol–water partition coefficient (Wildman–Crippen LogP) is 10.2. The van der Waals surface area contributed by atoms with Gasteiger partial charge in [0.15, 0.2) is 0 Å². The Labute approximate surface area is 246 Å². The standard InChI is InChI=1S/C40H30N2/c1-25-11-5-6-12-28(25)35(24-42-4)39-33-15-9-7-13-31(33)38(32-14-8-10-16-34(32)39)27-18-20-30-29-19-17-26(23-41)21-36(29)40(2,3)37(30)22-27/h5-22,24H,4H2,1-3H3/b35-24+. The first-order valence-electron chi connectivity index (χ1n) is 14.3. The number of hydrogen-bond acceptors (Lipinski definition) is 2. The maximum Gasteiger partial charge on any atom is 0.0991 e. The molecule has 0 fully saturated rings. The average Bonchev–Trinajstić information content (AvgIpc) is 3.24. The Hall–Kier alpha value is -5.26. The fourth-order valence-electron chi connectivity index (χ4n) is 6.93. The second-order valence-electron chi connectivity index (χ2n) is 11.6. The van der Waals surface area contributed by atoms with Crippen LogP contribution in [0.25, 0.3) is 49.4 Å². The number of benzene rings is 6. The molecule has 0 spiro atoms. The molecule has 0 aliphatic heterocycles. The Kier molecular flexibility index (Phi) is 5.92. The molecule has 1 aliphatic carbocycles. The Bertz CT molecular complexity index is 2100. The molecule has 0 atom stereocenters. The van der Waals surface area contributed by atoms with Gasteiger partial charge in [0.2, 0.25) is 0 Å². The predicted molar refractivity (Wildman–Crippen MR) is 177 cm³/mol. The second kappa shape index (κ2) is 9.68. The summed E-state index contributed by atoms with van der Waals surface area (Å²) in [6.45, 7) is 10.5. The van der Waals surface area contributed by atoms with Crippen LogP contribution in [0.1, 0.15) is 47.2 Å². The normalized spacial score (nSPS) is 13.5. The molecular weight excluding hydrogens is 508 g/mol. The smallest absolute Gasteiger partial charge is 0.0991 e. The molecule has 0 bridgehead atoms. The summed E-state index contributed by atoms with van der Waals surface area (Å²) in [6.07, 6.45) is 1.90. The molecular formula is C40H30N2. The van der Waals surface area contributed by atoms with Crippen molar-refractivity contribution in [2.45, 2.75) is 26.2 Å². The summed E-state index contributed by atoms with van der Waals surface area (Å²) in [7, 11) is 0. The van der Waals surface area contributed by atoms with E-state index in [1.54, 1.807) is 0 Å². The van der Waals surface area contributed by atoms with Gasteiger partial charge in [0.25, 0.3) is 0 Å². The highest BCUT2D eigenvalue weighted by Crippen LogP contribution is 2.51. The van der Waals surface area contributed by atoms with Gasteiger partial charge < -0.3 is 0 Å². The van der Waals surface area contributed by atoms with Crippen LogP contribution in [0.2, 0.25) is 0 Å². The van der Waals surface area contributed by atoms with Crippen LogP contribution in [0.5, 0.6) is 0 Å². The molecule has 0 saturated heterocycles. The Morgan fingerprint density at radius 2 is 1.31 bits per heavy atom. The van der Waals surface area contributed by atoms with Gasteiger partial charge in [0, 0.05) is 17.2 Å². The topological polar surface area (TPSA) is 36.1 Å². The summed E-state index contributed by atoms with van der Waals surface area (Å²) in [5.41, 5.74) is 12.5. The van der Waals surface area contributed by atoms with Crippen LogP contribution in [0, 0.1) is 18.3 Å². The number of aryl methyl sites for hydroxylation is 1. The molecule has 2 heteroatoms. The van der Waals surface area contributed by atoms with E-state index in [1.165, 1.54) is 66.1 Å². The molecule has 200 valence electrons. The zero-order valence-electron chi connectivity index (χ0n) is 24.1. The van der Waals surface area contributed by atoms with E-state index in [1.807, 2.05) is 12.3 Å². The van der Waals surface area contributed by atoms with Gasteiger partial charge in [-0.2, -0.15) is 5.26 Å². The third-order valence-corrected chi connectivity index (χ3v) is 8.95. The Morgan fingerprint density at radius 1 is 0.738 bits per heavy atom. The molecule has 6 aromatic carbocycles. The summed E-state index contributed by atoms with van der Waals surface area (Å²) in [5, 5.41) is 14.3. The van der Waals surface area contributed by atoms with E-state index in [-0.39, 0.29) is 5.41 Å². The van der Waals surface area contributed by atoms with E-state index in [4.69, 9.17) is 0 Å². The first-order chi connectivity index (χ1) is 20.4. The van der Waals surface area contributed by atoms with Crippen molar-refractivity contribution in [1.29, 1.82) is 5.26 Å². The van der Waals surface area contributed by atoms with Crippen molar-refractivity contribution in [2.24, 2.45) is 4.99 Å². The van der Waals surface area contributed by atoms with Crippen LogP contribution < -0.4 is 0 Å². The highest BCUT2D eigenvalue weighted by atomic mass is 14.6. The summed E-state index contributed by atoms with van der Waals surface area (Å²) in [4.78, 5) is 4.28. The fraction of sp³-hybridized carbons (Fsp3) is 0.100. The van der Waals surface area contributed by atoms with Gasteiger partial charge in [-0.15, -0.1) is 0 Å². The van der Waals surface area contributed by atoms with Crippen molar-refractivity contribution in [3.05, 3.63) is 149 Å². The largest absolute Gasteiger partial charge is 0.272 e. The average molecular weight is 539 g/mol. The molecule has 0 saturated carbocycles. The van der Waals surface area contributed by atoms with Gasteiger partial charge in [-0.05, 0) is 103 Å². The zero-order valence-corrected chi connectivity index (χ0v) is 24.1. The van der Waals surface area contributed by atoms with E-state index in [0.29, 0.717) is 5.56 Å². The first-order valence-corrected chi connectivity index (χ1v) is 14.3. The van der Waals surface area contributed by atoms with Crippen molar-refractivity contribution in [1.82, 2.24) is 0 Å². The molecule has 2 nitrogen and oxygen atoms in total. The Morgan fingerprint density at radius 3 is 1.93 bits per heavy atom. The SMILES string of the molecule is C=N/C=C(\c1ccccc1C)c1c2ccccc2c(-c2ccc3c(c2)C(C)(C)c2cc(C#N)ccc2-3)c2ccccc12. The van der Waals surface area contributed by atoms with Crippen molar-refractivity contribution in [3.63, 3.8) is 0 Å². The molecule has 6 aromatic rings. The second-order valence-corrected chi connectivity index (χ2v) is 11.6. The van der Waals surface area contributed by atoms with Gasteiger partial charge in [-0.25, -0.2) is 0 Å². The van der Waals surface area contributed by atoms with Crippen molar-refractivity contribution < 1.29 is 0 Å². The maximum atomic E-state index is 9.57. The quantitative estimate of drug-likeness (QED) is 0.162. The molecule has 0 heterocycles. The summed E-state index contributed by atoms with van der Waals surface area (Å²) in [6, 6.07) is 41.2. The highest BCUT2D eigenvalue weighted by Gasteiger charge is 2.36. The minimum atomic E-state index is -0.213. The van der Waals surface area contributed by atoms with Gasteiger partial charge in [-0.1, -0.05) is 105 Å². The van der Waals surface area contributed by atoms with E-state index in [2.05, 4.69) is 142 Å². The van der Waals surface area contributed by atoms with Crippen LogP contribution in [0.4, 0.5) is 0 Å². The molecule has 0 amide bonds. The van der Waals surface area contributed by atoms with Gasteiger partial charge in [0.05, 0.1) is 11.6 Å². The van der Waals surface area contributed by atoms with Crippen molar-refractivity contribution >= 4 is 33.8 Å². The number of fused-ring (bicyclic) bond motifs is 5. The minimum Gasteiger partial charge on any atom is -0.272 e. The van der Waals surface area contributed by atoms with Crippen LogP contribution in [0.3, 0.4) is 0 Å². The lowest BCUT2D eigenvalue weighted by Crippen LogP contribution is -2.15. The lowest BCUT2D eigenvalue weighted by atomic mass is 9.80. The van der Waals surface area contributed by atoms with E-state index in [0.717, 1.165) is 11.1 Å². The number of nitriles is 1. The summed E-state index contributed by atoms with van der Waals surface area (Å²) in [5.74, 6) is 0. The number of rotatable bonds is 4. The van der Waals surface area contributed by atoms with Gasteiger partial charge in [-0.3, -0.25) is 4.99 Å². The van der Waals surface area contributed by atoms with E-state index < -0.39 is 0 Å². The summed E-state index contributed by atoms with van der Waals surface area (Å²) < 4.78 is 0. The molecule has 0 radical (unpaired) electrons. The third kappa shape index (κ3) is 3.75. The third-order valence-electron chi connectivity index (χ3n) is 8.95. The fourth-order valence-corrected chi connectivity index (χ4v) is 6.93. The van der Waals surface area contributed by atoms with E-state index >= 15 is 0 Å². The number of aliphatic imine (C=N–C) groups is 1. The number of nitrogens with zero attached hydrogens (tertiary/aromatic N) is 2. The molecule has 0 unspecified atom stereocenters. The highest BCUT2D eigenvalue weighted by molar-refractivity contribution is 6.20. The zero-order chi connectivity index (χ0) is 29.0. The van der Waals surface area contributed by atoms with Crippen LogP contribution in [0.15, 0.2) is 120 Å². The van der Waals surface area contributed by atoms with Gasteiger partial charge in [0.1, 0.15) is 0 Å².